The quantitative estimate of drug-likeness (QED) is 0.555. The summed E-state index contributed by atoms with van der Waals surface area (Å²) in [4.78, 5) is 46.3. The second-order valence-corrected chi connectivity index (χ2v) is 12.2. The summed E-state index contributed by atoms with van der Waals surface area (Å²) in [5.41, 5.74) is 3.65. The number of allylic oxidation sites excluding steroid dienone is 3. The number of carbonyl (C=O) groups excluding carboxylic acids is 3. The summed E-state index contributed by atoms with van der Waals surface area (Å²) < 4.78 is 5.28. The number of hydrogen-bond acceptors (Lipinski definition) is 6. The topological polar surface area (TPSA) is 86.1 Å². The molecule has 8 nitrogen and oxygen atoms in total. The van der Waals surface area contributed by atoms with Gasteiger partial charge in [0.25, 0.3) is 5.91 Å². The molecule has 40 heavy (non-hydrogen) atoms. The first-order valence-electron chi connectivity index (χ1n) is 14.5. The van der Waals surface area contributed by atoms with E-state index in [-0.39, 0.29) is 41.5 Å². The molecule has 2 amide bonds. The Bertz CT molecular complexity index is 1350. The zero-order chi connectivity index (χ0) is 27.9. The third kappa shape index (κ3) is 5.07. The van der Waals surface area contributed by atoms with E-state index in [4.69, 9.17) is 4.42 Å². The number of rotatable bonds is 4. The van der Waals surface area contributed by atoms with Crippen LogP contribution in [0.1, 0.15) is 56.5 Å². The Kier molecular flexibility index (Phi) is 7.02. The van der Waals surface area contributed by atoms with E-state index in [0.717, 1.165) is 48.3 Å². The van der Waals surface area contributed by atoms with Crippen LogP contribution < -0.4 is 10.2 Å². The Morgan fingerprint density at radius 2 is 1.77 bits per heavy atom. The molecule has 6 rings (SSSR count). The lowest BCUT2D eigenvalue weighted by Crippen LogP contribution is -2.55. The molecule has 0 spiro atoms. The number of amides is 2. The Labute approximate surface area is 235 Å². The van der Waals surface area contributed by atoms with Gasteiger partial charge in [-0.05, 0) is 61.3 Å². The lowest BCUT2D eigenvalue weighted by molar-refractivity contribution is -0.131. The molecule has 0 saturated carbocycles. The maximum atomic E-state index is 13.9. The predicted molar refractivity (Wildman–Crippen MR) is 154 cm³/mol. The number of ketones is 1. The van der Waals surface area contributed by atoms with Gasteiger partial charge in [-0.25, -0.2) is 0 Å². The van der Waals surface area contributed by atoms with Gasteiger partial charge in [-0.3, -0.25) is 14.4 Å². The van der Waals surface area contributed by atoms with Crippen molar-refractivity contribution in [1.82, 2.24) is 9.80 Å². The van der Waals surface area contributed by atoms with Gasteiger partial charge in [-0.2, -0.15) is 0 Å². The van der Waals surface area contributed by atoms with Crippen LogP contribution in [0, 0.1) is 11.3 Å². The molecule has 2 aliphatic heterocycles. The van der Waals surface area contributed by atoms with Crippen LogP contribution in [0.4, 0.5) is 11.4 Å². The largest absolute Gasteiger partial charge is 0.459 e. The lowest BCUT2D eigenvalue weighted by Gasteiger charge is -2.43. The number of nitrogens with zero attached hydrogens (tertiary/aromatic N) is 3. The van der Waals surface area contributed by atoms with Crippen molar-refractivity contribution in [2.75, 3.05) is 42.9 Å². The van der Waals surface area contributed by atoms with Crippen LogP contribution in [0.15, 0.2) is 70.5 Å². The van der Waals surface area contributed by atoms with Crippen molar-refractivity contribution in [3.63, 3.8) is 0 Å². The van der Waals surface area contributed by atoms with Crippen LogP contribution in [0.25, 0.3) is 0 Å². The van der Waals surface area contributed by atoms with E-state index in [1.807, 2.05) is 23.1 Å². The second kappa shape index (κ2) is 10.6. The second-order valence-electron chi connectivity index (χ2n) is 12.2. The van der Waals surface area contributed by atoms with Crippen molar-refractivity contribution >= 4 is 29.0 Å². The molecule has 2 aliphatic carbocycles. The highest BCUT2D eigenvalue weighted by Gasteiger charge is 2.44. The van der Waals surface area contributed by atoms with Crippen molar-refractivity contribution in [2.24, 2.45) is 11.3 Å². The van der Waals surface area contributed by atoms with E-state index in [2.05, 4.69) is 42.3 Å². The molecule has 1 aromatic heterocycles. The predicted octanol–water partition coefficient (Wildman–Crippen LogP) is 4.86. The van der Waals surface area contributed by atoms with Crippen molar-refractivity contribution in [2.45, 2.75) is 52.0 Å². The summed E-state index contributed by atoms with van der Waals surface area (Å²) in [5.74, 6) is 0.622. The van der Waals surface area contributed by atoms with Crippen molar-refractivity contribution < 1.29 is 18.8 Å². The summed E-state index contributed by atoms with van der Waals surface area (Å²) >= 11 is 0. The molecule has 1 aromatic carbocycles. The van der Waals surface area contributed by atoms with Crippen LogP contribution in [-0.4, -0.2) is 66.2 Å². The zero-order valence-corrected chi connectivity index (χ0v) is 23.4. The molecule has 3 heterocycles. The van der Waals surface area contributed by atoms with Crippen LogP contribution in [0.3, 0.4) is 0 Å². The smallest absolute Gasteiger partial charge is 0.289 e. The number of furan rings is 1. The standard InChI is InChI=1S/C32H38N4O4/c1-32(2)19-24-29(26(37)20-32)30(22-9-4-3-5-10-22)36(25-12-7-6-11-23(25)33-24)21-28(38)34-14-16-35(17-15-34)31(39)27-13-8-18-40-27/h3-4,6-8,11-13,18,22,30,33H,5,9-10,14-17,19-21H2,1-2H3. The van der Waals surface area contributed by atoms with Crippen LogP contribution >= 0.6 is 0 Å². The average molecular weight is 543 g/mol. The highest BCUT2D eigenvalue weighted by molar-refractivity contribution is 6.01. The number of Topliss-reactive ketones (excluding diaryl/α,β-unsaturated/α-hetero) is 1. The number of benzene rings is 1. The molecule has 2 unspecified atom stereocenters. The van der Waals surface area contributed by atoms with E-state index < -0.39 is 0 Å². The summed E-state index contributed by atoms with van der Waals surface area (Å²) in [7, 11) is 0. The monoisotopic (exact) mass is 542 g/mol. The van der Waals surface area contributed by atoms with Gasteiger partial charge >= 0.3 is 0 Å². The SMILES string of the molecule is CC1(C)CC(=O)C2=C(C1)Nc1ccccc1N(CC(=O)N1CCN(C(=O)c3ccco3)CC1)C2C1CC=CCC1. The van der Waals surface area contributed by atoms with Gasteiger partial charge in [0, 0.05) is 43.9 Å². The first-order chi connectivity index (χ1) is 19.3. The third-order valence-corrected chi connectivity index (χ3v) is 8.76. The van der Waals surface area contributed by atoms with Gasteiger partial charge < -0.3 is 24.4 Å². The van der Waals surface area contributed by atoms with E-state index in [0.29, 0.717) is 38.4 Å². The first kappa shape index (κ1) is 26.4. The molecule has 210 valence electrons. The van der Waals surface area contributed by atoms with Gasteiger partial charge in [0.15, 0.2) is 11.5 Å². The molecule has 0 bridgehead atoms. The highest BCUT2D eigenvalue weighted by atomic mass is 16.3. The minimum Gasteiger partial charge on any atom is -0.459 e. The van der Waals surface area contributed by atoms with Gasteiger partial charge in [-0.1, -0.05) is 38.1 Å². The fraction of sp³-hybridized carbons (Fsp3) is 0.469. The molecule has 2 aromatic rings. The number of para-hydroxylation sites is 2. The summed E-state index contributed by atoms with van der Waals surface area (Å²) in [5, 5.41) is 3.65. The zero-order valence-electron chi connectivity index (χ0n) is 23.4. The minimum absolute atomic E-state index is 0.0175. The molecular formula is C32H38N4O4. The van der Waals surface area contributed by atoms with Crippen LogP contribution in [-0.2, 0) is 9.59 Å². The number of fused-ring (bicyclic) bond motifs is 1. The summed E-state index contributed by atoms with van der Waals surface area (Å²) in [6.07, 6.45) is 10.1. The normalized spacial score (nSPS) is 24.2. The van der Waals surface area contributed by atoms with Gasteiger partial charge in [0.05, 0.1) is 30.2 Å². The fourth-order valence-electron chi connectivity index (χ4n) is 6.83. The van der Waals surface area contributed by atoms with Crippen molar-refractivity contribution in [3.8, 4) is 0 Å². The Morgan fingerprint density at radius 3 is 2.50 bits per heavy atom. The molecule has 4 aliphatic rings. The number of hydrogen-bond donors (Lipinski definition) is 1. The maximum absolute atomic E-state index is 13.9. The van der Waals surface area contributed by atoms with E-state index in [9.17, 15) is 14.4 Å². The minimum atomic E-state index is -0.175. The highest BCUT2D eigenvalue weighted by Crippen LogP contribution is 2.46. The fourth-order valence-corrected chi connectivity index (χ4v) is 6.83. The first-order valence-corrected chi connectivity index (χ1v) is 14.5. The van der Waals surface area contributed by atoms with E-state index in [1.54, 1.807) is 17.0 Å². The lowest BCUT2D eigenvalue weighted by atomic mass is 9.71. The molecular weight excluding hydrogens is 504 g/mol. The Balaban J connectivity index is 1.29. The van der Waals surface area contributed by atoms with Crippen molar-refractivity contribution in [3.05, 3.63) is 71.8 Å². The number of anilines is 2. The summed E-state index contributed by atoms with van der Waals surface area (Å²) in [6, 6.07) is 11.3. The molecule has 1 fully saturated rings. The van der Waals surface area contributed by atoms with Crippen molar-refractivity contribution in [1.29, 1.82) is 0 Å². The van der Waals surface area contributed by atoms with Gasteiger partial charge in [0.1, 0.15) is 0 Å². The number of nitrogens with one attached hydrogen (secondary N) is 1. The Hall–Kier alpha value is -3.81. The summed E-state index contributed by atoms with van der Waals surface area (Å²) in [6.45, 7) is 6.36. The van der Waals surface area contributed by atoms with Gasteiger partial charge in [-0.15, -0.1) is 0 Å². The van der Waals surface area contributed by atoms with E-state index >= 15 is 0 Å². The maximum Gasteiger partial charge on any atom is 0.289 e. The molecule has 2 atom stereocenters. The molecule has 1 N–H and O–H groups in total. The van der Waals surface area contributed by atoms with E-state index in [1.165, 1.54) is 6.26 Å². The average Bonchev–Trinajstić information content (AvgIpc) is 3.45. The van der Waals surface area contributed by atoms with Crippen LogP contribution in [0.5, 0.6) is 0 Å². The molecule has 0 radical (unpaired) electrons. The Morgan fingerprint density at radius 1 is 1.00 bits per heavy atom. The van der Waals surface area contributed by atoms with Gasteiger partial charge in [0.2, 0.25) is 5.91 Å². The number of carbonyl (C=O) groups is 3. The third-order valence-electron chi connectivity index (χ3n) is 8.76. The molecule has 8 heteroatoms. The van der Waals surface area contributed by atoms with Crippen LogP contribution in [0.2, 0.25) is 0 Å². The number of piperazine rings is 1. The molecule has 1 saturated heterocycles.